The van der Waals surface area contributed by atoms with Crippen molar-refractivity contribution in [3.05, 3.63) is 12.2 Å². The molecule has 0 spiro atoms. The highest BCUT2D eigenvalue weighted by Gasteiger charge is 2.37. The number of hydrogen-bond acceptors (Lipinski definition) is 2. The molecule has 108 valence electrons. The molecule has 2 heteroatoms. The Kier molecular flexibility index (Phi) is 5.24. The number of rotatable bonds is 4. The van der Waals surface area contributed by atoms with E-state index in [1.54, 1.807) is 0 Å². The summed E-state index contributed by atoms with van der Waals surface area (Å²) in [6.45, 7) is 20.2. The fourth-order valence-corrected chi connectivity index (χ4v) is 1.29. The fourth-order valence-electron chi connectivity index (χ4n) is 1.29. The molecule has 0 saturated carbocycles. The highest BCUT2D eigenvalue weighted by molar-refractivity contribution is 5.09. The van der Waals surface area contributed by atoms with Crippen molar-refractivity contribution in [2.45, 2.75) is 62.3 Å². The van der Waals surface area contributed by atoms with Crippen molar-refractivity contribution in [2.75, 3.05) is 6.61 Å². The first-order valence-corrected chi connectivity index (χ1v) is 6.74. The molecule has 0 aromatic rings. The molecule has 0 saturated heterocycles. The Balaban J connectivity index is 5.25. The van der Waals surface area contributed by atoms with Gasteiger partial charge in [-0.25, -0.2) is 4.89 Å². The van der Waals surface area contributed by atoms with Crippen LogP contribution < -0.4 is 0 Å². The van der Waals surface area contributed by atoms with Crippen molar-refractivity contribution in [2.24, 2.45) is 21.7 Å². The zero-order chi connectivity index (χ0) is 14.8. The quantitative estimate of drug-likeness (QED) is 0.428. The largest absolute Gasteiger partial charge is 0.252 e. The van der Waals surface area contributed by atoms with E-state index in [0.717, 1.165) is 0 Å². The first kappa shape index (κ1) is 17.7. The maximum Gasteiger partial charge on any atom is 0.0912 e. The minimum Gasteiger partial charge on any atom is -0.252 e. The van der Waals surface area contributed by atoms with E-state index in [4.69, 9.17) is 5.26 Å². The van der Waals surface area contributed by atoms with Crippen LogP contribution in [0.25, 0.3) is 0 Å². The molecule has 0 aliphatic carbocycles. The minimum absolute atomic E-state index is 0.0280. The first-order chi connectivity index (χ1) is 7.77. The second kappa shape index (κ2) is 5.34. The van der Waals surface area contributed by atoms with Crippen LogP contribution in [-0.4, -0.2) is 11.9 Å². The molecule has 0 rings (SSSR count). The number of hydrogen-bond donors (Lipinski definition) is 1. The Hall–Kier alpha value is -0.340. The van der Waals surface area contributed by atoms with Crippen LogP contribution in [-0.2, 0) is 4.89 Å². The molecule has 0 aliphatic rings. The zero-order valence-electron chi connectivity index (χ0n) is 13.7. The summed E-state index contributed by atoms with van der Waals surface area (Å²) < 4.78 is 0. The summed E-state index contributed by atoms with van der Waals surface area (Å²) in [5.74, 6) is 0. The second-order valence-electron chi connectivity index (χ2n) is 8.25. The molecule has 0 bridgehead atoms. The first-order valence-electron chi connectivity index (χ1n) is 6.74. The summed E-state index contributed by atoms with van der Waals surface area (Å²) in [7, 11) is 0. The van der Waals surface area contributed by atoms with Gasteiger partial charge in [-0.05, 0) is 16.2 Å². The minimum atomic E-state index is -0.190. The Morgan fingerprint density at radius 2 is 1.22 bits per heavy atom. The van der Waals surface area contributed by atoms with Crippen molar-refractivity contribution < 1.29 is 10.1 Å². The van der Waals surface area contributed by atoms with Crippen molar-refractivity contribution in [3.8, 4) is 0 Å². The van der Waals surface area contributed by atoms with Gasteiger partial charge in [-0.15, -0.1) is 0 Å². The van der Waals surface area contributed by atoms with Gasteiger partial charge in [0.15, 0.2) is 0 Å². The van der Waals surface area contributed by atoms with Gasteiger partial charge in [0, 0.05) is 5.41 Å². The lowest BCUT2D eigenvalue weighted by Gasteiger charge is -2.41. The van der Waals surface area contributed by atoms with Crippen molar-refractivity contribution >= 4 is 0 Å². The Labute approximate surface area is 113 Å². The van der Waals surface area contributed by atoms with E-state index in [1.165, 1.54) is 0 Å². The highest BCUT2D eigenvalue weighted by Crippen LogP contribution is 2.44. The molecule has 1 atom stereocenters. The van der Waals surface area contributed by atoms with Crippen LogP contribution >= 0.6 is 0 Å². The molecule has 0 heterocycles. The summed E-state index contributed by atoms with van der Waals surface area (Å²) in [6.07, 6.45) is 4.46. The predicted molar refractivity (Wildman–Crippen MR) is 78.5 cm³/mol. The van der Waals surface area contributed by atoms with Crippen LogP contribution in [0.4, 0.5) is 0 Å². The SMILES string of the molecule is CC(C)(C)C(C)(C)C=CC(C)(COO)C(C)(C)C. The van der Waals surface area contributed by atoms with Gasteiger partial charge in [0.25, 0.3) is 0 Å². The van der Waals surface area contributed by atoms with Gasteiger partial charge in [-0.2, -0.15) is 0 Å². The lowest BCUT2D eigenvalue weighted by molar-refractivity contribution is -0.264. The van der Waals surface area contributed by atoms with Crippen LogP contribution in [0.5, 0.6) is 0 Å². The standard InChI is InChI=1S/C16H32O2/c1-13(2,3)15(7,8)10-11-16(9,12-18-17)14(4,5)6/h10-11,17H,12H2,1-9H3. The van der Waals surface area contributed by atoms with Gasteiger partial charge in [0.1, 0.15) is 0 Å². The molecule has 18 heavy (non-hydrogen) atoms. The molecule has 0 fully saturated rings. The van der Waals surface area contributed by atoms with Crippen LogP contribution in [0.1, 0.15) is 62.3 Å². The average Bonchev–Trinajstić information content (AvgIpc) is 2.12. The molecular weight excluding hydrogens is 224 g/mol. The fraction of sp³-hybridized carbons (Fsp3) is 0.875. The van der Waals surface area contributed by atoms with Crippen molar-refractivity contribution in [1.29, 1.82) is 0 Å². The van der Waals surface area contributed by atoms with E-state index in [-0.39, 0.29) is 21.7 Å². The van der Waals surface area contributed by atoms with Gasteiger partial charge in [-0.1, -0.05) is 74.5 Å². The van der Waals surface area contributed by atoms with Crippen LogP contribution in [0, 0.1) is 21.7 Å². The monoisotopic (exact) mass is 256 g/mol. The summed E-state index contributed by atoms with van der Waals surface area (Å²) in [4.78, 5) is 4.43. The van der Waals surface area contributed by atoms with E-state index < -0.39 is 0 Å². The topological polar surface area (TPSA) is 29.5 Å². The maximum atomic E-state index is 8.82. The molecule has 0 aliphatic heterocycles. The Bertz CT molecular complexity index is 289. The van der Waals surface area contributed by atoms with Gasteiger partial charge in [0.05, 0.1) is 6.61 Å². The average molecular weight is 256 g/mol. The normalized spacial score (nSPS) is 18.1. The van der Waals surface area contributed by atoms with E-state index in [0.29, 0.717) is 6.61 Å². The van der Waals surface area contributed by atoms with Gasteiger partial charge >= 0.3 is 0 Å². The summed E-state index contributed by atoms with van der Waals surface area (Å²) in [5, 5.41) is 8.82. The van der Waals surface area contributed by atoms with Gasteiger partial charge in [0.2, 0.25) is 0 Å². The van der Waals surface area contributed by atoms with E-state index in [9.17, 15) is 0 Å². The van der Waals surface area contributed by atoms with Gasteiger partial charge < -0.3 is 0 Å². The third-order valence-electron chi connectivity index (χ3n) is 4.88. The Morgan fingerprint density at radius 1 is 0.778 bits per heavy atom. The van der Waals surface area contributed by atoms with E-state index in [1.807, 2.05) is 0 Å². The molecule has 1 unspecified atom stereocenters. The maximum absolute atomic E-state index is 8.82. The zero-order valence-corrected chi connectivity index (χ0v) is 13.7. The lowest BCUT2D eigenvalue weighted by atomic mass is 9.64. The highest BCUT2D eigenvalue weighted by atomic mass is 17.1. The predicted octanol–water partition coefficient (Wildman–Crippen LogP) is 5.16. The molecule has 0 aromatic carbocycles. The molecule has 0 radical (unpaired) electrons. The summed E-state index contributed by atoms with van der Waals surface area (Å²) in [5.41, 5.74) is 0.127. The smallest absolute Gasteiger partial charge is 0.0912 e. The molecule has 1 N–H and O–H groups in total. The van der Waals surface area contributed by atoms with Gasteiger partial charge in [-0.3, -0.25) is 5.26 Å². The Morgan fingerprint density at radius 3 is 1.50 bits per heavy atom. The lowest BCUT2D eigenvalue weighted by Crippen LogP contribution is -2.36. The van der Waals surface area contributed by atoms with Crippen LogP contribution in [0.15, 0.2) is 12.2 Å². The van der Waals surface area contributed by atoms with E-state index in [2.05, 4.69) is 79.4 Å². The van der Waals surface area contributed by atoms with Crippen LogP contribution in [0.3, 0.4) is 0 Å². The van der Waals surface area contributed by atoms with Crippen molar-refractivity contribution in [3.63, 3.8) is 0 Å². The molecule has 0 aromatic heterocycles. The second-order valence-corrected chi connectivity index (χ2v) is 8.25. The van der Waals surface area contributed by atoms with E-state index >= 15 is 0 Å². The summed E-state index contributed by atoms with van der Waals surface area (Å²) >= 11 is 0. The number of allylic oxidation sites excluding steroid dienone is 1. The molecular formula is C16H32O2. The van der Waals surface area contributed by atoms with Crippen LogP contribution in [0.2, 0.25) is 0 Å². The summed E-state index contributed by atoms with van der Waals surface area (Å²) in [6, 6.07) is 0. The molecule has 0 amide bonds. The van der Waals surface area contributed by atoms with Crippen molar-refractivity contribution in [1.82, 2.24) is 0 Å². The third kappa shape index (κ3) is 4.10. The molecule has 2 nitrogen and oxygen atoms in total. The third-order valence-corrected chi connectivity index (χ3v) is 4.88.